The van der Waals surface area contributed by atoms with Crippen LogP contribution in [0.15, 0.2) is 48.5 Å². The fourth-order valence-corrected chi connectivity index (χ4v) is 2.47. The summed E-state index contributed by atoms with van der Waals surface area (Å²) in [6.07, 6.45) is -1.88. The summed E-state index contributed by atoms with van der Waals surface area (Å²) < 4.78 is 31.6. The Morgan fingerprint density at radius 2 is 1.61 bits per heavy atom. The standard InChI is InChI=1S/C20H22F2N2O4/c1-2-28-18(12-24-20(27)14-8-9-15(21)16(22)10-14)17(25)11-23-19(26)13-6-4-3-5-7-13/h3-10,17-18,25H,2,11-12H2,1H3,(H,23,26)(H,24,27)/t17-,18+/m0/s1. The van der Waals surface area contributed by atoms with Crippen molar-refractivity contribution in [1.29, 1.82) is 0 Å². The largest absolute Gasteiger partial charge is 0.388 e. The van der Waals surface area contributed by atoms with E-state index in [1.165, 1.54) is 0 Å². The van der Waals surface area contributed by atoms with Gasteiger partial charge in [0.15, 0.2) is 11.6 Å². The van der Waals surface area contributed by atoms with Crippen molar-refractivity contribution in [2.75, 3.05) is 19.7 Å². The molecule has 0 fully saturated rings. The molecule has 2 atom stereocenters. The van der Waals surface area contributed by atoms with Crippen LogP contribution in [0.3, 0.4) is 0 Å². The van der Waals surface area contributed by atoms with Gasteiger partial charge in [-0.3, -0.25) is 9.59 Å². The molecular formula is C20H22F2N2O4. The number of hydrogen-bond donors (Lipinski definition) is 3. The van der Waals surface area contributed by atoms with Gasteiger partial charge in [-0.25, -0.2) is 8.78 Å². The van der Waals surface area contributed by atoms with E-state index in [0.29, 0.717) is 5.56 Å². The van der Waals surface area contributed by atoms with Crippen molar-refractivity contribution < 1.29 is 28.2 Å². The summed E-state index contributed by atoms with van der Waals surface area (Å²) in [4.78, 5) is 24.1. The molecule has 0 spiro atoms. The third kappa shape index (κ3) is 6.11. The molecule has 0 saturated carbocycles. The molecule has 2 aromatic rings. The molecule has 0 aliphatic carbocycles. The molecular weight excluding hydrogens is 370 g/mol. The molecule has 8 heteroatoms. The van der Waals surface area contributed by atoms with Crippen LogP contribution in [-0.4, -0.2) is 48.8 Å². The second-order valence-electron chi connectivity index (χ2n) is 5.98. The Labute approximate surface area is 161 Å². The molecule has 2 aromatic carbocycles. The molecule has 0 unspecified atom stereocenters. The number of halogens is 2. The van der Waals surface area contributed by atoms with Crippen LogP contribution < -0.4 is 10.6 Å². The Morgan fingerprint density at radius 3 is 2.25 bits per heavy atom. The van der Waals surface area contributed by atoms with Crippen LogP contribution in [0.5, 0.6) is 0 Å². The highest BCUT2D eigenvalue weighted by molar-refractivity contribution is 5.94. The van der Waals surface area contributed by atoms with E-state index in [1.807, 2.05) is 0 Å². The summed E-state index contributed by atoms with van der Waals surface area (Å²) in [7, 11) is 0. The number of aliphatic hydroxyl groups excluding tert-OH is 1. The fourth-order valence-electron chi connectivity index (χ4n) is 2.47. The first-order chi connectivity index (χ1) is 13.4. The van der Waals surface area contributed by atoms with Gasteiger partial charge in [-0.05, 0) is 37.3 Å². The highest BCUT2D eigenvalue weighted by atomic mass is 19.2. The van der Waals surface area contributed by atoms with Crippen LogP contribution in [0, 0.1) is 11.6 Å². The van der Waals surface area contributed by atoms with Gasteiger partial charge < -0.3 is 20.5 Å². The van der Waals surface area contributed by atoms with Gasteiger partial charge >= 0.3 is 0 Å². The molecule has 0 aliphatic heterocycles. The first-order valence-electron chi connectivity index (χ1n) is 8.78. The van der Waals surface area contributed by atoms with Crippen LogP contribution in [0.4, 0.5) is 8.78 Å². The zero-order valence-electron chi connectivity index (χ0n) is 15.3. The van der Waals surface area contributed by atoms with E-state index in [2.05, 4.69) is 10.6 Å². The molecule has 0 aliphatic rings. The molecule has 0 saturated heterocycles. The van der Waals surface area contributed by atoms with Crippen molar-refractivity contribution in [3.8, 4) is 0 Å². The van der Waals surface area contributed by atoms with Crippen molar-refractivity contribution >= 4 is 11.8 Å². The Kier molecular flexibility index (Phi) is 8.03. The number of ether oxygens (including phenoxy) is 1. The zero-order valence-corrected chi connectivity index (χ0v) is 15.3. The van der Waals surface area contributed by atoms with Crippen molar-refractivity contribution in [2.45, 2.75) is 19.1 Å². The predicted molar refractivity (Wildman–Crippen MR) is 98.9 cm³/mol. The average Bonchev–Trinajstić information content (AvgIpc) is 2.71. The van der Waals surface area contributed by atoms with Gasteiger partial charge in [-0.1, -0.05) is 18.2 Å². The molecule has 2 rings (SSSR count). The first kappa shape index (κ1) is 21.5. The number of carbonyl (C=O) groups is 2. The lowest BCUT2D eigenvalue weighted by Gasteiger charge is -2.23. The molecule has 2 amide bonds. The van der Waals surface area contributed by atoms with Crippen molar-refractivity contribution in [3.05, 3.63) is 71.3 Å². The van der Waals surface area contributed by atoms with Gasteiger partial charge in [-0.15, -0.1) is 0 Å². The topological polar surface area (TPSA) is 87.7 Å². The second kappa shape index (κ2) is 10.5. The smallest absolute Gasteiger partial charge is 0.251 e. The highest BCUT2D eigenvalue weighted by Gasteiger charge is 2.22. The molecule has 0 heterocycles. The molecule has 3 N–H and O–H groups in total. The number of hydrogen-bond acceptors (Lipinski definition) is 4. The van der Waals surface area contributed by atoms with Gasteiger partial charge in [0.2, 0.25) is 0 Å². The zero-order chi connectivity index (χ0) is 20.5. The normalized spacial score (nSPS) is 12.9. The number of aliphatic hydroxyl groups is 1. The summed E-state index contributed by atoms with van der Waals surface area (Å²) in [6, 6.07) is 11.3. The van der Waals surface area contributed by atoms with Crippen molar-refractivity contribution in [2.24, 2.45) is 0 Å². The number of rotatable bonds is 9. The van der Waals surface area contributed by atoms with E-state index in [-0.39, 0.29) is 31.2 Å². The Bertz CT molecular complexity index is 802. The third-order valence-electron chi connectivity index (χ3n) is 3.96. The molecule has 0 radical (unpaired) electrons. The molecule has 150 valence electrons. The van der Waals surface area contributed by atoms with Crippen molar-refractivity contribution in [3.63, 3.8) is 0 Å². The van der Waals surface area contributed by atoms with E-state index >= 15 is 0 Å². The minimum atomic E-state index is -1.13. The second-order valence-corrected chi connectivity index (χ2v) is 5.98. The monoisotopic (exact) mass is 392 g/mol. The molecule has 0 aromatic heterocycles. The van der Waals surface area contributed by atoms with Crippen LogP contribution in [0.2, 0.25) is 0 Å². The number of benzene rings is 2. The van der Waals surface area contributed by atoms with Crippen molar-refractivity contribution in [1.82, 2.24) is 10.6 Å². The number of amides is 2. The van der Waals surface area contributed by atoms with E-state index in [4.69, 9.17) is 4.74 Å². The quantitative estimate of drug-likeness (QED) is 0.608. The minimum absolute atomic E-state index is 0.0546. The minimum Gasteiger partial charge on any atom is -0.388 e. The summed E-state index contributed by atoms with van der Waals surface area (Å²) in [5.41, 5.74) is 0.398. The lowest BCUT2D eigenvalue weighted by Crippen LogP contribution is -2.46. The summed E-state index contributed by atoms with van der Waals surface area (Å²) in [6.45, 7) is 1.84. The van der Waals surface area contributed by atoms with Gasteiger partial charge in [0.05, 0.1) is 6.10 Å². The van der Waals surface area contributed by atoms with Gasteiger partial charge in [0, 0.05) is 30.8 Å². The Hall–Kier alpha value is -2.84. The van der Waals surface area contributed by atoms with Gasteiger partial charge in [0.25, 0.3) is 11.8 Å². The lowest BCUT2D eigenvalue weighted by molar-refractivity contribution is -0.0287. The maximum Gasteiger partial charge on any atom is 0.251 e. The highest BCUT2D eigenvalue weighted by Crippen LogP contribution is 2.09. The molecule has 0 bridgehead atoms. The van der Waals surface area contributed by atoms with Crippen LogP contribution in [-0.2, 0) is 4.74 Å². The number of nitrogens with one attached hydrogen (secondary N) is 2. The molecule has 28 heavy (non-hydrogen) atoms. The average molecular weight is 392 g/mol. The third-order valence-corrected chi connectivity index (χ3v) is 3.96. The maximum absolute atomic E-state index is 13.2. The van der Waals surface area contributed by atoms with Gasteiger partial charge in [0.1, 0.15) is 6.10 Å². The van der Waals surface area contributed by atoms with Crippen LogP contribution >= 0.6 is 0 Å². The van der Waals surface area contributed by atoms with Crippen LogP contribution in [0.1, 0.15) is 27.6 Å². The van der Waals surface area contributed by atoms with E-state index < -0.39 is 29.7 Å². The van der Waals surface area contributed by atoms with Crippen LogP contribution in [0.25, 0.3) is 0 Å². The Balaban J connectivity index is 1.89. The van der Waals surface area contributed by atoms with E-state index in [9.17, 15) is 23.5 Å². The van der Waals surface area contributed by atoms with E-state index in [0.717, 1.165) is 18.2 Å². The number of carbonyl (C=O) groups excluding carboxylic acids is 2. The fraction of sp³-hybridized carbons (Fsp3) is 0.300. The lowest BCUT2D eigenvalue weighted by atomic mass is 10.1. The Morgan fingerprint density at radius 1 is 0.964 bits per heavy atom. The predicted octanol–water partition coefficient (Wildman–Crippen LogP) is 1.89. The maximum atomic E-state index is 13.2. The van der Waals surface area contributed by atoms with Gasteiger partial charge in [-0.2, -0.15) is 0 Å². The summed E-state index contributed by atoms with van der Waals surface area (Å²) in [5.74, 6) is -3.16. The SMILES string of the molecule is CCO[C@H](CNC(=O)c1ccc(F)c(F)c1)[C@@H](O)CNC(=O)c1ccccc1. The molecule has 6 nitrogen and oxygen atoms in total. The first-order valence-corrected chi connectivity index (χ1v) is 8.78. The summed E-state index contributed by atoms with van der Waals surface area (Å²) >= 11 is 0. The van der Waals surface area contributed by atoms with E-state index in [1.54, 1.807) is 37.3 Å². The summed E-state index contributed by atoms with van der Waals surface area (Å²) in [5, 5.41) is 15.4.